The molecule has 2 amide bonds. The number of hydrogen-bond acceptors (Lipinski definition) is 3. The SMILES string of the molecule is O=C(Nc1ccc(OC(F)F)c(Cc2ccccc2)c1)C1CCCN1C(=O)C1CC1. The monoisotopic (exact) mass is 414 g/mol. The molecule has 5 nitrogen and oxygen atoms in total. The van der Waals surface area contributed by atoms with E-state index in [4.69, 9.17) is 0 Å². The molecule has 0 spiro atoms. The molecule has 2 aromatic carbocycles. The number of carbonyl (C=O) groups is 2. The Kier molecular flexibility index (Phi) is 5.97. The predicted molar refractivity (Wildman–Crippen MR) is 108 cm³/mol. The van der Waals surface area contributed by atoms with Crippen molar-refractivity contribution in [1.82, 2.24) is 4.90 Å². The minimum absolute atomic E-state index is 0.0677. The molecule has 4 rings (SSSR count). The van der Waals surface area contributed by atoms with Crippen molar-refractivity contribution in [1.29, 1.82) is 0 Å². The van der Waals surface area contributed by atoms with Crippen LogP contribution in [0, 0.1) is 5.92 Å². The number of alkyl halides is 2. The zero-order valence-electron chi connectivity index (χ0n) is 16.5. The Morgan fingerprint density at radius 2 is 1.87 bits per heavy atom. The van der Waals surface area contributed by atoms with Crippen molar-refractivity contribution in [3.63, 3.8) is 0 Å². The van der Waals surface area contributed by atoms with Gasteiger partial charge in [0.15, 0.2) is 0 Å². The molecule has 30 heavy (non-hydrogen) atoms. The highest BCUT2D eigenvalue weighted by Gasteiger charge is 2.40. The van der Waals surface area contributed by atoms with Gasteiger partial charge in [-0.2, -0.15) is 8.78 Å². The van der Waals surface area contributed by atoms with E-state index in [-0.39, 0.29) is 23.5 Å². The van der Waals surface area contributed by atoms with Crippen LogP contribution in [-0.2, 0) is 16.0 Å². The highest BCUT2D eigenvalue weighted by Crippen LogP contribution is 2.34. The van der Waals surface area contributed by atoms with Gasteiger partial charge in [-0.3, -0.25) is 9.59 Å². The maximum atomic E-state index is 12.8. The fourth-order valence-electron chi connectivity index (χ4n) is 3.92. The maximum absolute atomic E-state index is 12.8. The first kappa shape index (κ1) is 20.3. The van der Waals surface area contributed by atoms with Crippen LogP contribution in [0.1, 0.15) is 36.8 Å². The third-order valence-electron chi connectivity index (χ3n) is 5.55. The summed E-state index contributed by atoms with van der Waals surface area (Å²) in [6.07, 6.45) is 3.63. The molecule has 0 radical (unpaired) electrons. The third kappa shape index (κ3) is 4.78. The van der Waals surface area contributed by atoms with Crippen LogP contribution in [0.2, 0.25) is 0 Å². The third-order valence-corrected chi connectivity index (χ3v) is 5.55. The summed E-state index contributed by atoms with van der Waals surface area (Å²) in [6, 6.07) is 13.6. The largest absolute Gasteiger partial charge is 0.435 e. The lowest BCUT2D eigenvalue weighted by atomic mass is 10.0. The van der Waals surface area contributed by atoms with E-state index in [1.54, 1.807) is 17.0 Å². The molecular formula is C23H24F2N2O3. The first-order valence-electron chi connectivity index (χ1n) is 10.2. The van der Waals surface area contributed by atoms with Crippen molar-refractivity contribution in [3.8, 4) is 5.75 Å². The first-order chi connectivity index (χ1) is 14.5. The van der Waals surface area contributed by atoms with Gasteiger partial charge in [-0.05, 0) is 49.4 Å². The Hall–Kier alpha value is -2.96. The van der Waals surface area contributed by atoms with Gasteiger partial charge < -0.3 is 15.0 Å². The molecule has 0 bridgehead atoms. The van der Waals surface area contributed by atoms with E-state index >= 15 is 0 Å². The zero-order chi connectivity index (χ0) is 21.1. The number of benzene rings is 2. The van der Waals surface area contributed by atoms with Crippen LogP contribution < -0.4 is 10.1 Å². The van der Waals surface area contributed by atoms with Gasteiger partial charge in [-0.25, -0.2) is 0 Å². The van der Waals surface area contributed by atoms with Gasteiger partial charge in [0.25, 0.3) is 0 Å². The van der Waals surface area contributed by atoms with Gasteiger partial charge in [0.05, 0.1) is 0 Å². The summed E-state index contributed by atoms with van der Waals surface area (Å²) in [6.45, 7) is -2.33. The molecule has 2 aliphatic rings. The standard InChI is InChI=1S/C23H24F2N2O3/c24-23(25)30-20-11-10-18(14-17(20)13-15-5-2-1-3-6-15)26-21(28)19-7-4-12-27(19)22(29)16-8-9-16/h1-3,5-6,10-11,14,16,19,23H,4,7-9,12-13H2,(H,26,28). The summed E-state index contributed by atoms with van der Waals surface area (Å²) in [5, 5.41) is 2.86. The molecule has 1 saturated heterocycles. The average molecular weight is 414 g/mol. The Morgan fingerprint density at radius 1 is 1.10 bits per heavy atom. The molecule has 7 heteroatoms. The molecule has 1 N–H and O–H groups in total. The topological polar surface area (TPSA) is 58.6 Å². The van der Waals surface area contributed by atoms with Gasteiger partial charge in [0.2, 0.25) is 11.8 Å². The van der Waals surface area contributed by atoms with Crippen LogP contribution >= 0.6 is 0 Å². The molecule has 1 heterocycles. The summed E-state index contributed by atoms with van der Waals surface area (Å²) in [4.78, 5) is 27.0. The normalized spacial score (nSPS) is 18.5. The first-order valence-corrected chi connectivity index (χ1v) is 10.2. The lowest BCUT2D eigenvalue weighted by Crippen LogP contribution is -2.43. The fraction of sp³-hybridized carbons (Fsp3) is 0.391. The van der Waals surface area contributed by atoms with Crippen molar-refractivity contribution in [3.05, 3.63) is 59.7 Å². The van der Waals surface area contributed by atoms with Crippen LogP contribution in [0.25, 0.3) is 0 Å². The van der Waals surface area contributed by atoms with Crippen LogP contribution in [0.15, 0.2) is 48.5 Å². The number of rotatable bonds is 7. The number of carbonyl (C=O) groups excluding carboxylic acids is 2. The number of amides is 2. The van der Waals surface area contributed by atoms with Gasteiger partial charge in [-0.15, -0.1) is 0 Å². The van der Waals surface area contributed by atoms with Crippen LogP contribution in [0.5, 0.6) is 5.75 Å². The second-order valence-corrected chi connectivity index (χ2v) is 7.82. The smallest absolute Gasteiger partial charge is 0.387 e. The number of ether oxygens (including phenoxy) is 1. The Labute approximate surface area is 174 Å². The van der Waals surface area contributed by atoms with E-state index in [1.165, 1.54) is 6.07 Å². The summed E-state index contributed by atoms with van der Waals surface area (Å²) in [7, 11) is 0. The summed E-state index contributed by atoms with van der Waals surface area (Å²) >= 11 is 0. The minimum Gasteiger partial charge on any atom is -0.435 e. The maximum Gasteiger partial charge on any atom is 0.387 e. The minimum atomic E-state index is -2.93. The van der Waals surface area contributed by atoms with E-state index in [1.807, 2.05) is 30.3 Å². The second kappa shape index (κ2) is 8.81. The van der Waals surface area contributed by atoms with Gasteiger partial charge in [-0.1, -0.05) is 30.3 Å². The number of nitrogens with zero attached hydrogens (tertiary/aromatic N) is 1. The van der Waals surface area contributed by atoms with Crippen molar-refractivity contribution in [2.24, 2.45) is 5.92 Å². The van der Waals surface area contributed by atoms with Crippen molar-refractivity contribution < 1.29 is 23.1 Å². The van der Waals surface area contributed by atoms with Gasteiger partial charge in [0, 0.05) is 30.1 Å². The molecule has 0 aromatic heterocycles. The fourth-order valence-corrected chi connectivity index (χ4v) is 3.92. The van der Waals surface area contributed by atoms with Crippen LogP contribution in [-0.4, -0.2) is 35.9 Å². The van der Waals surface area contributed by atoms with E-state index in [0.717, 1.165) is 24.8 Å². The second-order valence-electron chi connectivity index (χ2n) is 7.82. The summed E-state index contributed by atoms with van der Waals surface area (Å²) < 4.78 is 30.3. The molecule has 1 aliphatic carbocycles. The molecule has 1 saturated carbocycles. The van der Waals surface area contributed by atoms with E-state index < -0.39 is 12.7 Å². The molecule has 2 aromatic rings. The lowest BCUT2D eigenvalue weighted by Gasteiger charge is -2.24. The van der Waals surface area contributed by atoms with Crippen LogP contribution in [0.3, 0.4) is 0 Å². The van der Waals surface area contributed by atoms with Crippen molar-refractivity contribution in [2.75, 3.05) is 11.9 Å². The number of anilines is 1. The summed E-state index contributed by atoms with van der Waals surface area (Å²) in [5.74, 6) is -0.0207. The van der Waals surface area contributed by atoms with Gasteiger partial charge >= 0.3 is 6.61 Å². The highest BCUT2D eigenvalue weighted by molar-refractivity contribution is 5.98. The molecular weight excluding hydrogens is 390 g/mol. The Morgan fingerprint density at radius 3 is 2.57 bits per heavy atom. The van der Waals surface area contributed by atoms with Crippen molar-refractivity contribution in [2.45, 2.75) is 44.8 Å². The molecule has 1 atom stereocenters. The molecule has 158 valence electrons. The molecule has 1 unspecified atom stereocenters. The number of likely N-dealkylation sites (tertiary alicyclic amines) is 1. The van der Waals surface area contributed by atoms with E-state index in [0.29, 0.717) is 30.6 Å². The van der Waals surface area contributed by atoms with E-state index in [2.05, 4.69) is 10.1 Å². The number of hydrogen-bond donors (Lipinski definition) is 1. The number of halogens is 2. The quantitative estimate of drug-likeness (QED) is 0.738. The Bertz CT molecular complexity index is 916. The lowest BCUT2D eigenvalue weighted by molar-refractivity contribution is -0.137. The van der Waals surface area contributed by atoms with Crippen molar-refractivity contribution >= 4 is 17.5 Å². The zero-order valence-corrected chi connectivity index (χ0v) is 16.5. The average Bonchev–Trinajstić information content (AvgIpc) is 3.46. The Balaban J connectivity index is 1.51. The summed E-state index contributed by atoms with van der Waals surface area (Å²) in [5.41, 5.74) is 1.99. The molecule has 1 aliphatic heterocycles. The van der Waals surface area contributed by atoms with Crippen LogP contribution in [0.4, 0.5) is 14.5 Å². The predicted octanol–water partition coefficient (Wildman–Crippen LogP) is 4.22. The van der Waals surface area contributed by atoms with E-state index in [9.17, 15) is 18.4 Å². The van der Waals surface area contributed by atoms with Gasteiger partial charge in [0.1, 0.15) is 11.8 Å². The highest BCUT2D eigenvalue weighted by atomic mass is 19.3. The molecule has 2 fully saturated rings. The number of nitrogens with one attached hydrogen (secondary N) is 1.